The molecule has 0 heterocycles. The molecule has 0 aliphatic carbocycles. The van der Waals surface area contributed by atoms with Crippen LogP contribution in [0.15, 0.2) is 53.4 Å². The summed E-state index contributed by atoms with van der Waals surface area (Å²) >= 11 is 0. The predicted octanol–water partition coefficient (Wildman–Crippen LogP) is 2.52. The van der Waals surface area contributed by atoms with Crippen LogP contribution in [0.5, 0.6) is 0 Å². The first kappa shape index (κ1) is 17.7. The molecule has 0 aliphatic heterocycles. The van der Waals surface area contributed by atoms with Gasteiger partial charge in [0, 0.05) is 11.9 Å². The van der Waals surface area contributed by atoms with Crippen LogP contribution in [0.2, 0.25) is 0 Å². The van der Waals surface area contributed by atoms with Gasteiger partial charge in [0.1, 0.15) is 0 Å². The Balaban J connectivity index is 2.21. The van der Waals surface area contributed by atoms with E-state index in [0.29, 0.717) is 11.3 Å². The fourth-order valence-corrected chi connectivity index (χ4v) is 2.97. The predicted molar refractivity (Wildman–Crippen MR) is 89.9 cm³/mol. The van der Waals surface area contributed by atoms with Crippen molar-refractivity contribution in [3.05, 3.63) is 59.7 Å². The average Bonchev–Trinajstić information content (AvgIpc) is 2.55. The highest BCUT2D eigenvalue weighted by molar-refractivity contribution is 7.90. The molecule has 2 aromatic carbocycles. The molecule has 7 heteroatoms. The summed E-state index contributed by atoms with van der Waals surface area (Å²) in [4.78, 5) is 23.9. The fourth-order valence-electron chi connectivity index (χ4n) is 2.08. The number of rotatable bonds is 5. The number of anilines is 1. The van der Waals surface area contributed by atoms with Gasteiger partial charge in [-0.05, 0) is 43.3 Å². The SMILES string of the molecule is CCOC(=O)c1ccc(NC(=O)c2ccccc2S(C)(=O)=O)cc1. The second kappa shape index (κ2) is 7.27. The van der Waals surface area contributed by atoms with Gasteiger partial charge in [0.15, 0.2) is 9.84 Å². The van der Waals surface area contributed by atoms with Gasteiger partial charge >= 0.3 is 5.97 Å². The Kier molecular flexibility index (Phi) is 5.35. The van der Waals surface area contributed by atoms with Crippen LogP contribution in [0.1, 0.15) is 27.6 Å². The molecule has 2 aromatic rings. The van der Waals surface area contributed by atoms with E-state index in [4.69, 9.17) is 4.74 Å². The maximum absolute atomic E-state index is 12.3. The molecule has 0 bridgehead atoms. The molecule has 1 amide bonds. The molecule has 0 fully saturated rings. The summed E-state index contributed by atoms with van der Waals surface area (Å²) in [7, 11) is -3.52. The van der Waals surface area contributed by atoms with Gasteiger partial charge in [-0.25, -0.2) is 13.2 Å². The monoisotopic (exact) mass is 347 g/mol. The van der Waals surface area contributed by atoms with Gasteiger partial charge in [0.2, 0.25) is 0 Å². The van der Waals surface area contributed by atoms with Crippen molar-refractivity contribution in [2.45, 2.75) is 11.8 Å². The van der Waals surface area contributed by atoms with E-state index < -0.39 is 21.7 Å². The van der Waals surface area contributed by atoms with Crippen molar-refractivity contribution in [2.75, 3.05) is 18.2 Å². The molecule has 0 aromatic heterocycles. The van der Waals surface area contributed by atoms with Crippen molar-refractivity contribution in [1.82, 2.24) is 0 Å². The maximum Gasteiger partial charge on any atom is 0.338 e. The minimum Gasteiger partial charge on any atom is -0.462 e. The van der Waals surface area contributed by atoms with Gasteiger partial charge in [0.05, 0.1) is 22.6 Å². The van der Waals surface area contributed by atoms with E-state index in [1.165, 1.54) is 24.3 Å². The molecule has 0 unspecified atom stereocenters. The van der Waals surface area contributed by atoms with Crippen molar-refractivity contribution in [1.29, 1.82) is 0 Å². The molecule has 0 atom stereocenters. The van der Waals surface area contributed by atoms with Crippen LogP contribution in [-0.4, -0.2) is 33.2 Å². The third-order valence-electron chi connectivity index (χ3n) is 3.19. The zero-order chi connectivity index (χ0) is 17.7. The van der Waals surface area contributed by atoms with Gasteiger partial charge in [-0.15, -0.1) is 0 Å². The zero-order valence-corrected chi connectivity index (χ0v) is 14.1. The van der Waals surface area contributed by atoms with Crippen LogP contribution >= 0.6 is 0 Å². The first-order valence-corrected chi connectivity index (χ1v) is 9.09. The van der Waals surface area contributed by atoms with Crippen molar-refractivity contribution < 1.29 is 22.7 Å². The average molecular weight is 347 g/mol. The van der Waals surface area contributed by atoms with E-state index in [1.54, 1.807) is 31.2 Å². The summed E-state index contributed by atoms with van der Waals surface area (Å²) in [6.45, 7) is 1.99. The van der Waals surface area contributed by atoms with E-state index in [-0.39, 0.29) is 17.1 Å². The molecule has 1 N–H and O–H groups in total. The number of carbonyl (C=O) groups excluding carboxylic acids is 2. The lowest BCUT2D eigenvalue weighted by atomic mass is 10.2. The van der Waals surface area contributed by atoms with Crippen molar-refractivity contribution in [3.8, 4) is 0 Å². The lowest BCUT2D eigenvalue weighted by molar-refractivity contribution is 0.0526. The van der Waals surface area contributed by atoms with Crippen LogP contribution in [-0.2, 0) is 14.6 Å². The summed E-state index contributed by atoms with van der Waals surface area (Å²) in [5, 5.41) is 2.61. The molecular formula is C17H17NO5S. The summed E-state index contributed by atoms with van der Waals surface area (Å²) in [6, 6.07) is 12.1. The van der Waals surface area contributed by atoms with Gasteiger partial charge in [-0.3, -0.25) is 4.79 Å². The molecule has 0 saturated carbocycles. The molecule has 0 radical (unpaired) electrons. The minimum absolute atomic E-state index is 0.0364. The Hall–Kier alpha value is -2.67. The number of ether oxygens (including phenoxy) is 1. The molecule has 24 heavy (non-hydrogen) atoms. The van der Waals surface area contributed by atoms with Crippen LogP contribution in [0.25, 0.3) is 0 Å². The molecule has 6 nitrogen and oxygen atoms in total. The highest BCUT2D eigenvalue weighted by atomic mass is 32.2. The number of carbonyl (C=O) groups is 2. The normalized spacial score (nSPS) is 10.9. The lowest BCUT2D eigenvalue weighted by Crippen LogP contribution is -2.16. The van der Waals surface area contributed by atoms with E-state index in [0.717, 1.165) is 6.26 Å². The highest BCUT2D eigenvalue weighted by Crippen LogP contribution is 2.18. The van der Waals surface area contributed by atoms with E-state index in [1.807, 2.05) is 0 Å². The number of hydrogen-bond acceptors (Lipinski definition) is 5. The third-order valence-corrected chi connectivity index (χ3v) is 4.34. The Morgan fingerprint density at radius 2 is 1.67 bits per heavy atom. The van der Waals surface area contributed by atoms with Crippen LogP contribution in [0, 0.1) is 0 Å². The first-order valence-electron chi connectivity index (χ1n) is 7.20. The minimum atomic E-state index is -3.52. The maximum atomic E-state index is 12.3. The zero-order valence-electron chi connectivity index (χ0n) is 13.3. The number of benzene rings is 2. The standard InChI is InChI=1S/C17H17NO5S/c1-3-23-17(20)12-8-10-13(11-9-12)18-16(19)14-6-4-5-7-15(14)24(2,21)22/h4-11H,3H2,1-2H3,(H,18,19). The van der Waals surface area contributed by atoms with Crippen LogP contribution in [0.4, 0.5) is 5.69 Å². The summed E-state index contributed by atoms with van der Waals surface area (Å²) in [5.41, 5.74) is 0.872. The van der Waals surface area contributed by atoms with Crippen LogP contribution < -0.4 is 5.32 Å². The van der Waals surface area contributed by atoms with Gasteiger partial charge in [0.25, 0.3) is 5.91 Å². The van der Waals surface area contributed by atoms with Gasteiger partial charge < -0.3 is 10.1 Å². The first-order chi connectivity index (χ1) is 11.3. The lowest BCUT2D eigenvalue weighted by Gasteiger charge is -2.09. The Bertz CT molecular complexity index is 857. The molecule has 0 aliphatic rings. The second-order valence-corrected chi connectivity index (χ2v) is 7.00. The van der Waals surface area contributed by atoms with Crippen molar-refractivity contribution >= 4 is 27.4 Å². The third kappa shape index (κ3) is 4.20. The van der Waals surface area contributed by atoms with Gasteiger partial charge in [-0.1, -0.05) is 12.1 Å². The van der Waals surface area contributed by atoms with E-state index in [2.05, 4.69) is 5.32 Å². The Morgan fingerprint density at radius 1 is 1.04 bits per heavy atom. The van der Waals surface area contributed by atoms with E-state index in [9.17, 15) is 18.0 Å². The quantitative estimate of drug-likeness (QED) is 0.840. The summed E-state index contributed by atoms with van der Waals surface area (Å²) < 4.78 is 28.4. The Morgan fingerprint density at radius 3 is 2.25 bits per heavy atom. The van der Waals surface area contributed by atoms with Gasteiger partial charge in [-0.2, -0.15) is 0 Å². The smallest absolute Gasteiger partial charge is 0.338 e. The summed E-state index contributed by atoms with van der Waals surface area (Å²) in [6.07, 6.45) is 1.05. The largest absolute Gasteiger partial charge is 0.462 e. The molecule has 0 saturated heterocycles. The van der Waals surface area contributed by atoms with Crippen LogP contribution in [0.3, 0.4) is 0 Å². The van der Waals surface area contributed by atoms with Crippen molar-refractivity contribution in [3.63, 3.8) is 0 Å². The number of esters is 1. The molecule has 126 valence electrons. The molecule has 0 spiro atoms. The fraction of sp³-hybridized carbons (Fsp3) is 0.176. The number of amides is 1. The number of sulfone groups is 1. The number of hydrogen-bond donors (Lipinski definition) is 1. The Labute approximate surface area is 140 Å². The molecular weight excluding hydrogens is 330 g/mol. The summed E-state index contributed by atoms with van der Waals surface area (Å²) in [5.74, 6) is -0.988. The number of nitrogens with one attached hydrogen (secondary N) is 1. The topological polar surface area (TPSA) is 89.5 Å². The molecule has 2 rings (SSSR count). The van der Waals surface area contributed by atoms with Crippen molar-refractivity contribution in [2.24, 2.45) is 0 Å². The second-order valence-electron chi connectivity index (χ2n) is 5.02. The highest BCUT2D eigenvalue weighted by Gasteiger charge is 2.18. The van der Waals surface area contributed by atoms with E-state index >= 15 is 0 Å².